The molecule has 0 bridgehead atoms. The Bertz CT molecular complexity index is 392. The second-order valence-electron chi connectivity index (χ2n) is 5.26. The summed E-state index contributed by atoms with van der Waals surface area (Å²) in [6.07, 6.45) is 3.44. The second-order valence-corrected chi connectivity index (χ2v) is 6.35. The molecule has 0 aliphatic heterocycles. The number of hydrogen-bond acceptors (Lipinski definition) is 5. The number of carbonyl (C=O) groups is 1. The molecule has 0 amide bonds. The van der Waals surface area contributed by atoms with Crippen molar-refractivity contribution in [2.45, 2.75) is 65.5 Å². The molecular formula is C14H27N3O2S. The van der Waals surface area contributed by atoms with Crippen LogP contribution in [0.4, 0.5) is 5.13 Å². The first-order valence-electron chi connectivity index (χ1n) is 6.97. The van der Waals surface area contributed by atoms with Gasteiger partial charge in [-0.05, 0) is 12.3 Å². The number of hydrogen-bond donors (Lipinski definition) is 3. The molecule has 4 N–H and O–H groups in total. The minimum Gasteiger partial charge on any atom is -0.480 e. The van der Waals surface area contributed by atoms with Crippen LogP contribution in [-0.2, 0) is 4.79 Å². The van der Waals surface area contributed by atoms with Crippen LogP contribution >= 0.6 is 11.3 Å². The predicted molar refractivity (Wildman–Crippen MR) is 85.2 cm³/mol. The summed E-state index contributed by atoms with van der Waals surface area (Å²) in [4.78, 5) is 15.8. The number of carboxylic acid groups (broad SMARTS) is 1. The van der Waals surface area contributed by atoms with Gasteiger partial charge in [0.05, 0.1) is 0 Å². The Morgan fingerprint density at radius 1 is 1.45 bits per heavy atom. The van der Waals surface area contributed by atoms with Crippen LogP contribution in [0.5, 0.6) is 0 Å². The summed E-state index contributed by atoms with van der Waals surface area (Å²) in [5, 5.41) is 12.3. The zero-order valence-corrected chi connectivity index (χ0v) is 13.8. The summed E-state index contributed by atoms with van der Waals surface area (Å²) < 4.78 is 0. The van der Waals surface area contributed by atoms with Crippen LogP contribution in [0.15, 0.2) is 6.20 Å². The minimum atomic E-state index is -0.749. The highest BCUT2D eigenvalue weighted by atomic mass is 32.1. The van der Waals surface area contributed by atoms with E-state index in [9.17, 15) is 4.79 Å². The van der Waals surface area contributed by atoms with Gasteiger partial charge in [0.15, 0.2) is 5.13 Å². The molecule has 6 heteroatoms. The third-order valence-corrected chi connectivity index (χ3v) is 3.65. The Morgan fingerprint density at radius 3 is 2.30 bits per heavy atom. The monoisotopic (exact) mass is 301 g/mol. The molecule has 0 aliphatic carbocycles. The van der Waals surface area contributed by atoms with Gasteiger partial charge in [0.25, 0.3) is 0 Å². The predicted octanol–water partition coefficient (Wildman–Crippen LogP) is 3.09. The summed E-state index contributed by atoms with van der Waals surface area (Å²) in [7, 11) is 0. The molecule has 1 aromatic heterocycles. The Labute approximate surface area is 125 Å². The lowest BCUT2D eigenvalue weighted by atomic mass is 10.1. The smallest absolute Gasteiger partial charge is 0.320 e. The number of aromatic nitrogens is 1. The van der Waals surface area contributed by atoms with Gasteiger partial charge in [0.1, 0.15) is 6.04 Å². The van der Waals surface area contributed by atoms with Gasteiger partial charge in [-0.25, -0.2) is 4.98 Å². The first kappa shape index (κ1) is 18.9. The molecule has 1 heterocycles. The van der Waals surface area contributed by atoms with Crippen molar-refractivity contribution in [2.24, 2.45) is 0 Å². The van der Waals surface area contributed by atoms with Crippen molar-refractivity contribution in [3.63, 3.8) is 0 Å². The third kappa shape index (κ3) is 8.12. The largest absolute Gasteiger partial charge is 0.480 e. The van der Waals surface area contributed by atoms with Gasteiger partial charge in [0.2, 0.25) is 0 Å². The molecule has 1 aromatic rings. The highest BCUT2D eigenvalue weighted by Gasteiger charge is 2.15. The van der Waals surface area contributed by atoms with Crippen molar-refractivity contribution >= 4 is 22.4 Å². The lowest BCUT2D eigenvalue weighted by molar-refractivity contribution is -0.139. The Balaban J connectivity index is 0.000000367. The molecule has 0 aliphatic rings. The molecule has 20 heavy (non-hydrogen) atoms. The third-order valence-electron chi connectivity index (χ3n) is 2.52. The van der Waals surface area contributed by atoms with Crippen LogP contribution in [-0.4, -0.2) is 28.1 Å². The first-order valence-corrected chi connectivity index (χ1v) is 7.79. The number of nitrogens with zero attached hydrogens (tertiary/aromatic N) is 1. The van der Waals surface area contributed by atoms with Crippen LogP contribution in [0.2, 0.25) is 0 Å². The summed E-state index contributed by atoms with van der Waals surface area (Å²) in [6, 6.07) is -0.136. The fraction of sp³-hybridized carbons (Fsp3) is 0.714. The zero-order chi connectivity index (χ0) is 15.7. The van der Waals surface area contributed by atoms with E-state index < -0.39 is 5.97 Å². The minimum absolute atomic E-state index is 0.239. The lowest BCUT2D eigenvalue weighted by Gasteiger charge is -2.15. The molecule has 0 spiro atoms. The topological polar surface area (TPSA) is 88.2 Å². The highest BCUT2D eigenvalue weighted by Crippen LogP contribution is 2.22. The van der Waals surface area contributed by atoms with Gasteiger partial charge in [-0.3, -0.25) is 4.79 Å². The lowest BCUT2D eigenvalue weighted by Crippen LogP contribution is -2.40. The number of nitrogen functional groups attached to an aromatic ring is 1. The van der Waals surface area contributed by atoms with Gasteiger partial charge in [0, 0.05) is 17.1 Å². The normalized spacial score (nSPS) is 12.2. The van der Waals surface area contributed by atoms with E-state index in [2.05, 4.69) is 24.1 Å². The Hall–Kier alpha value is -1.14. The number of rotatable bonds is 6. The SMILES string of the molecule is CC(C)c1cnc(N)s1.CCC[C@H](NC(C)C)C(=O)O. The molecule has 1 atom stereocenters. The molecule has 0 saturated carbocycles. The molecule has 0 saturated heterocycles. The molecule has 0 aromatic carbocycles. The van der Waals surface area contributed by atoms with Crippen molar-refractivity contribution in [1.82, 2.24) is 10.3 Å². The van der Waals surface area contributed by atoms with Crippen LogP contribution in [0, 0.1) is 0 Å². The fourth-order valence-electron chi connectivity index (χ4n) is 1.54. The van der Waals surface area contributed by atoms with E-state index in [1.165, 1.54) is 4.88 Å². The molecule has 0 fully saturated rings. The van der Waals surface area contributed by atoms with E-state index in [0.717, 1.165) is 6.42 Å². The number of nitrogens with one attached hydrogen (secondary N) is 1. The van der Waals surface area contributed by atoms with Crippen LogP contribution in [0.25, 0.3) is 0 Å². The maximum Gasteiger partial charge on any atom is 0.320 e. The van der Waals surface area contributed by atoms with Gasteiger partial charge in [-0.2, -0.15) is 0 Å². The van der Waals surface area contributed by atoms with E-state index >= 15 is 0 Å². The number of aliphatic carboxylic acids is 1. The average Bonchev–Trinajstić information content (AvgIpc) is 2.76. The van der Waals surface area contributed by atoms with Crippen molar-refractivity contribution < 1.29 is 9.90 Å². The van der Waals surface area contributed by atoms with Crippen molar-refractivity contribution in [3.8, 4) is 0 Å². The van der Waals surface area contributed by atoms with Crippen LogP contribution in [0.3, 0.4) is 0 Å². The Kier molecular flexibility index (Phi) is 9.16. The Morgan fingerprint density at radius 2 is 2.05 bits per heavy atom. The standard InChI is InChI=1S/C8H17NO2.C6H10N2S/c1-4-5-7(8(10)11)9-6(2)3;1-4(2)5-3-8-6(7)9-5/h6-7,9H,4-5H2,1-3H3,(H,10,11);3-4H,1-2H3,(H2,7,8)/t7-;/m0./s1. The number of thiazole rings is 1. The molecule has 116 valence electrons. The summed E-state index contributed by atoms with van der Waals surface area (Å²) >= 11 is 1.56. The molecular weight excluding hydrogens is 274 g/mol. The van der Waals surface area contributed by atoms with Crippen LogP contribution < -0.4 is 11.1 Å². The van der Waals surface area contributed by atoms with E-state index in [-0.39, 0.29) is 12.1 Å². The number of carboxylic acids is 1. The zero-order valence-electron chi connectivity index (χ0n) is 13.0. The molecule has 0 unspecified atom stereocenters. The highest BCUT2D eigenvalue weighted by molar-refractivity contribution is 7.15. The van der Waals surface area contributed by atoms with Gasteiger partial charge < -0.3 is 16.2 Å². The average molecular weight is 301 g/mol. The summed E-state index contributed by atoms with van der Waals surface area (Å²) in [6.45, 7) is 10.1. The van der Waals surface area contributed by atoms with E-state index in [0.29, 0.717) is 17.5 Å². The fourth-order valence-corrected chi connectivity index (χ4v) is 2.22. The maximum atomic E-state index is 10.6. The van der Waals surface area contributed by atoms with Gasteiger partial charge >= 0.3 is 5.97 Å². The molecule has 0 radical (unpaired) electrons. The van der Waals surface area contributed by atoms with Crippen LogP contribution in [0.1, 0.15) is 58.3 Å². The summed E-state index contributed by atoms with van der Waals surface area (Å²) in [5.41, 5.74) is 5.42. The molecule has 5 nitrogen and oxygen atoms in total. The van der Waals surface area contributed by atoms with E-state index in [1.807, 2.05) is 27.0 Å². The first-order chi connectivity index (χ1) is 9.27. The molecule has 1 rings (SSSR count). The van der Waals surface area contributed by atoms with Crippen molar-refractivity contribution in [3.05, 3.63) is 11.1 Å². The maximum absolute atomic E-state index is 10.6. The van der Waals surface area contributed by atoms with E-state index in [1.54, 1.807) is 11.3 Å². The van der Waals surface area contributed by atoms with Gasteiger partial charge in [-0.15, -0.1) is 11.3 Å². The quantitative estimate of drug-likeness (QED) is 0.751. The summed E-state index contributed by atoms with van der Waals surface area (Å²) in [5.74, 6) is -0.194. The second kappa shape index (κ2) is 9.72. The van der Waals surface area contributed by atoms with Gasteiger partial charge in [-0.1, -0.05) is 41.0 Å². The number of anilines is 1. The van der Waals surface area contributed by atoms with E-state index in [4.69, 9.17) is 10.8 Å². The van der Waals surface area contributed by atoms with Crippen molar-refractivity contribution in [1.29, 1.82) is 0 Å². The number of nitrogens with two attached hydrogens (primary N) is 1. The van der Waals surface area contributed by atoms with Crippen molar-refractivity contribution in [2.75, 3.05) is 5.73 Å².